The Morgan fingerprint density at radius 2 is 1.63 bits per heavy atom. The highest BCUT2D eigenvalue weighted by molar-refractivity contribution is 5.77. The van der Waals surface area contributed by atoms with Gasteiger partial charge in [-0.2, -0.15) is 0 Å². The van der Waals surface area contributed by atoms with E-state index in [-0.39, 0.29) is 11.9 Å². The fourth-order valence-corrected chi connectivity index (χ4v) is 1.12. The molecule has 0 aliphatic carbocycles. The minimum atomic E-state index is 0.0162. The Morgan fingerprint density at radius 1 is 1.21 bits per heavy atom. The van der Waals surface area contributed by atoms with Crippen molar-refractivity contribution in [3.63, 3.8) is 0 Å². The Morgan fingerprint density at radius 3 is 1.68 bits per heavy atom. The van der Waals surface area contributed by atoms with E-state index < -0.39 is 0 Å². The monoisotopic (exact) mass is 275 g/mol. The molecule has 1 amide bonds. The van der Waals surface area contributed by atoms with E-state index in [9.17, 15) is 9.59 Å². The second kappa shape index (κ2) is 17.1. The van der Waals surface area contributed by atoms with E-state index in [0.29, 0.717) is 12.5 Å². The van der Waals surface area contributed by atoms with Crippen molar-refractivity contribution in [1.82, 2.24) is 15.5 Å². The zero-order valence-electron chi connectivity index (χ0n) is 13.9. The molecule has 0 radical (unpaired) electrons. The molecule has 0 aromatic carbocycles. The van der Waals surface area contributed by atoms with Crippen molar-refractivity contribution in [3.8, 4) is 0 Å². The van der Waals surface area contributed by atoms with Gasteiger partial charge in [0.05, 0.1) is 12.6 Å². The molecular formula is C14H33N3O2. The van der Waals surface area contributed by atoms with E-state index in [1.54, 1.807) is 14.1 Å². The minimum absolute atomic E-state index is 0.0162. The number of aldehydes is 1. The Labute approximate surface area is 119 Å². The lowest BCUT2D eigenvalue weighted by molar-refractivity contribution is -0.119. The van der Waals surface area contributed by atoms with Crippen LogP contribution in [0.5, 0.6) is 0 Å². The van der Waals surface area contributed by atoms with Crippen LogP contribution in [0.2, 0.25) is 0 Å². The first-order chi connectivity index (χ1) is 8.81. The van der Waals surface area contributed by atoms with Gasteiger partial charge in [-0.15, -0.1) is 0 Å². The first-order valence-electron chi connectivity index (χ1n) is 6.79. The highest BCUT2D eigenvalue weighted by atomic mass is 16.1. The van der Waals surface area contributed by atoms with Gasteiger partial charge in [-0.1, -0.05) is 34.1 Å². The summed E-state index contributed by atoms with van der Waals surface area (Å²) in [6, 6.07) is 0.0741. The molecule has 2 N–H and O–H groups in total. The zero-order chi connectivity index (χ0) is 15.8. The van der Waals surface area contributed by atoms with Gasteiger partial charge in [-0.3, -0.25) is 9.69 Å². The molecule has 0 aromatic rings. The molecule has 0 spiro atoms. The molecule has 0 aliphatic rings. The summed E-state index contributed by atoms with van der Waals surface area (Å²) >= 11 is 0. The van der Waals surface area contributed by atoms with Crippen LogP contribution in [-0.2, 0) is 9.59 Å². The van der Waals surface area contributed by atoms with Gasteiger partial charge in [0.25, 0.3) is 0 Å². The van der Waals surface area contributed by atoms with Crippen LogP contribution >= 0.6 is 0 Å². The SMILES string of the molecule is CC(C)C(C=O)N(C)C.CCC.CNCC(=O)NC. The summed E-state index contributed by atoms with van der Waals surface area (Å²) in [6.07, 6.45) is 2.24. The van der Waals surface area contributed by atoms with E-state index in [2.05, 4.69) is 24.5 Å². The molecule has 1 unspecified atom stereocenters. The molecule has 5 nitrogen and oxygen atoms in total. The van der Waals surface area contributed by atoms with Gasteiger partial charge in [-0.05, 0) is 27.1 Å². The second-order valence-corrected chi connectivity index (χ2v) is 4.74. The number of nitrogens with zero attached hydrogens (tertiary/aromatic N) is 1. The predicted molar refractivity (Wildman–Crippen MR) is 82.3 cm³/mol. The molecule has 0 heterocycles. The van der Waals surface area contributed by atoms with Gasteiger partial charge in [-0.25, -0.2) is 0 Å². The van der Waals surface area contributed by atoms with Gasteiger partial charge >= 0.3 is 0 Å². The maximum absolute atomic E-state index is 10.3. The lowest BCUT2D eigenvalue weighted by Crippen LogP contribution is -2.33. The molecule has 116 valence electrons. The molecule has 0 saturated heterocycles. The molecule has 0 aliphatic heterocycles. The number of carbonyl (C=O) groups is 2. The maximum Gasteiger partial charge on any atom is 0.233 e. The highest BCUT2D eigenvalue weighted by Crippen LogP contribution is 2.02. The number of nitrogens with one attached hydrogen (secondary N) is 2. The molecule has 1 atom stereocenters. The van der Waals surface area contributed by atoms with Crippen molar-refractivity contribution in [2.24, 2.45) is 5.92 Å². The summed E-state index contributed by atoms with van der Waals surface area (Å²) in [6.45, 7) is 8.73. The van der Waals surface area contributed by atoms with Crippen molar-refractivity contribution in [2.75, 3.05) is 34.7 Å². The quantitative estimate of drug-likeness (QED) is 0.739. The Bertz CT molecular complexity index is 199. The fourth-order valence-electron chi connectivity index (χ4n) is 1.12. The standard InChI is InChI=1S/C7H15NO.C4H10N2O.C3H8/c1-6(2)7(5-9)8(3)4;1-5-3-4(7)6-2;1-3-2/h5-7H,1-4H3;5H,3H2,1-2H3,(H,6,7);3H2,1-2H3. The fraction of sp³-hybridized carbons (Fsp3) is 0.857. The van der Waals surface area contributed by atoms with Crippen molar-refractivity contribution < 1.29 is 9.59 Å². The van der Waals surface area contributed by atoms with E-state index in [0.717, 1.165) is 6.29 Å². The van der Waals surface area contributed by atoms with Crippen LogP contribution in [0.1, 0.15) is 34.1 Å². The number of amides is 1. The smallest absolute Gasteiger partial charge is 0.233 e. The van der Waals surface area contributed by atoms with Crippen molar-refractivity contribution in [3.05, 3.63) is 0 Å². The number of hydrogen-bond donors (Lipinski definition) is 2. The number of rotatable bonds is 5. The van der Waals surface area contributed by atoms with E-state index in [1.165, 1.54) is 6.42 Å². The van der Waals surface area contributed by atoms with Gasteiger partial charge in [0.1, 0.15) is 6.29 Å². The Balaban J connectivity index is -0.000000228. The molecule has 0 bridgehead atoms. The largest absolute Gasteiger partial charge is 0.358 e. The van der Waals surface area contributed by atoms with E-state index in [4.69, 9.17) is 0 Å². The van der Waals surface area contributed by atoms with E-state index >= 15 is 0 Å². The Hall–Kier alpha value is -0.940. The zero-order valence-corrected chi connectivity index (χ0v) is 13.9. The third kappa shape index (κ3) is 19.6. The molecule has 0 fully saturated rings. The average Bonchev–Trinajstić information content (AvgIpc) is 2.31. The maximum atomic E-state index is 10.3. The lowest BCUT2D eigenvalue weighted by atomic mass is 10.1. The van der Waals surface area contributed by atoms with Crippen molar-refractivity contribution >= 4 is 12.2 Å². The van der Waals surface area contributed by atoms with Crippen LogP contribution in [0.15, 0.2) is 0 Å². The van der Waals surface area contributed by atoms with Crippen LogP contribution in [0.4, 0.5) is 0 Å². The molecular weight excluding hydrogens is 242 g/mol. The summed E-state index contributed by atoms with van der Waals surface area (Å²) in [4.78, 5) is 22.5. The number of hydrogen-bond acceptors (Lipinski definition) is 4. The van der Waals surface area contributed by atoms with Crippen LogP contribution in [0.3, 0.4) is 0 Å². The summed E-state index contributed by atoms with van der Waals surface area (Å²) in [7, 11) is 7.17. The summed E-state index contributed by atoms with van der Waals surface area (Å²) in [5.41, 5.74) is 0. The second-order valence-electron chi connectivity index (χ2n) is 4.74. The normalized spacial score (nSPS) is 10.8. The minimum Gasteiger partial charge on any atom is -0.358 e. The van der Waals surface area contributed by atoms with Crippen molar-refractivity contribution in [2.45, 2.75) is 40.2 Å². The molecule has 0 rings (SSSR count). The average molecular weight is 275 g/mol. The lowest BCUT2D eigenvalue weighted by Gasteiger charge is -2.21. The van der Waals surface area contributed by atoms with Crippen LogP contribution in [0.25, 0.3) is 0 Å². The topological polar surface area (TPSA) is 61.4 Å². The molecule has 0 aromatic heterocycles. The van der Waals surface area contributed by atoms with Gasteiger partial charge in [0.2, 0.25) is 5.91 Å². The first-order valence-corrected chi connectivity index (χ1v) is 6.79. The van der Waals surface area contributed by atoms with E-state index in [1.807, 2.05) is 32.8 Å². The summed E-state index contributed by atoms with van der Waals surface area (Å²) < 4.78 is 0. The third-order valence-electron chi connectivity index (χ3n) is 2.03. The van der Waals surface area contributed by atoms with Crippen LogP contribution in [-0.4, -0.2) is 57.9 Å². The van der Waals surface area contributed by atoms with Gasteiger partial charge < -0.3 is 15.4 Å². The predicted octanol–water partition coefficient (Wildman–Crippen LogP) is 1.14. The van der Waals surface area contributed by atoms with Crippen molar-refractivity contribution in [1.29, 1.82) is 0 Å². The van der Waals surface area contributed by atoms with Gasteiger partial charge in [0, 0.05) is 7.05 Å². The number of likely N-dealkylation sites (N-methyl/N-ethyl adjacent to an activating group) is 3. The molecule has 0 saturated carbocycles. The van der Waals surface area contributed by atoms with Crippen LogP contribution in [0, 0.1) is 5.92 Å². The first kappa shape index (κ1) is 23.2. The summed E-state index contributed by atoms with van der Waals surface area (Å²) in [5.74, 6) is 0.431. The van der Waals surface area contributed by atoms with Crippen LogP contribution < -0.4 is 10.6 Å². The molecule has 19 heavy (non-hydrogen) atoms. The van der Waals surface area contributed by atoms with Gasteiger partial charge in [0.15, 0.2) is 0 Å². The highest BCUT2D eigenvalue weighted by Gasteiger charge is 2.12. The molecule has 5 heteroatoms. The summed E-state index contributed by atoms with van der Waals surface area (Å²) in [5, 5.41) is 5.17. The Kier molecular flexibility index (Phi) is 20.8. The third-order valence-corrected chi connectivity index (χ3v) is 2.03. The number of carbonyl (C=O) groups excluding carboxylic acids is 2.